The van der Waals surface area contributed by atoms with Crippen molar-refractivity contribution in [3.8, 4) is 6.07 Å². The number of aliphatic hydroxyl groups excluding tert-OH is 1. The standard InChI is InChI=1S/C23H34ClN3O4/c1-27(12-13-28)22-8-6-20(7-9-22)18-21(19-25)23(29)26-11-15-31-17-16-30-14-5-3-2-4-10-24/h6-9,18,28H,2-5,10-17H2,1H3,(H,26,29)/b21-18+. The normalized spacial score (nSPS) is 11.2. The summed E-state index contributed by atoms with van der Waals surface area (Å²) >= 11 is 5.63. The minimum atomic E-state index is -0.430. The minimum absolute atomic E-state index is 0.0361. The van der Waals surface area contributed by atoms with Gasteiger partial charge >= 0.3 is 0 Å². The maximum absolute atomic E-state index is 12.2. The van der Waals surface area contributed by atoms with Crippen LogP contribution in [0.4, 0.5) is 5.69 Å². The lowest BCUT2D eigenvalue weighted by Crippen LogP contribution is -2.28. The number of carbonyl (C=O) groups is 1. The van der Waals surface area contributed by atoms with Crippen molar-refractivity contribution in [1.82, 2.24) is 5.32 Å². The van der Waals surface area contributed by atoms with Crippen molar-refractivity contribution in [2.24, 2.45) is 0 Å². The van der Waals surface area contributed by atoms with Crippen molar-refractivity contribution in [2.75, 3.05) is 64.0 Å². The van der Waals surface area contributed by atoms with Gasteiger partial charge < -0.3 is 24.8 Å². The first-order valence-electron chi connectivity index (χ1n) is 10.7. The van der Waals surface area contributed by atoms with E-state index < -0.39 is 5.91 Å². The molecule has 1 rings (SSSR count). The number of nitrogens with one attached hydrogen (secondary N) is 1. The van der Waals surface area contributed by atoms with Crippen LogP contribution in [0.25, 0.3) is 6.08 Å². The first-order chi connectivity index (χ1) is 15.1. The molecule has 7 nitrogen and oxygen atoms in total. The molecule has 0 saturated carbocycles. The second kappa shape index (κ2) is 17.6. The average molecular weight is 452 g/mol. The third kappa shape index (κ3) is 12.4. The van der Waals surface area contributed by atoms with Crippen molar-refractivity contribution in [1.29, 1.82) is 5.26 Å². The number of benzene rings is 1. The molecule has 0 bridgehead atoms. The monoisotopic (exact) mass is 451 g/mol. The number of hydrogen-bond donors (Lipinski definition) is 2. The Balaban J connectivity index is 2.24. The summed E-state index contributed by atoms with van der Waals surface area (Å²) in [5.41, 5.74) is 1.74. The van der Waals surface area contributed by atoms with Crippen LogP contribution in [0.15, 0.2) is 29.8 Å². The molecule has 0 radical (unpaired) electrons. The molecule has 0 spiro atoms. The predicted octanol–water partition coefficient (Wildman–Crippen LogP) is 2.97. The van der Waals surface area contributed by atoms with E-state index >= 15 is 0 Å². The van der Waals surface area contributed by atoms with Crippen LogP contribution >= 0.6 is 11.6 Å². The highest BCUT2D eigenvalue weighted by Crippen LogP contribution is 2.15. The maximum Gasteiger partial charge on any atom is 0.262 e. The van der Waals surface area contributed by atoms with E-state index in [0.29, 0.717) is 38.8 Å². The van der Waals surface area contributed by atoms with Gasteiger partial charge in [0.05, 0.1) is 26.4 Å². The third-order valence-corrected chi connectivity index (χ3v) is 4.79. The van der Waals surface area contributed by atoms with Crippen LogP contribution in [0.5, 0.6) is 0 Å². The fourth-order valence-electron chi connectivity index (χ4n) is 2.73. The molecule has 0 fully saturated rings. The number of ether oxygens (including phenoxy) is 2. The van der Waals surface area contributed by atoms with Crippen LogP contribution in [-0.4, -0.2) is 70.1 Å². The number of amides is 1. The summed E-state index contributed by atoms with van der Waals surface area (Å²) in [5.74, 6) is 0.286. The molecule has 0 aromatic heterocycles. The highest BCUT2D eigenvalue weighted by Gasteiger charge is 2.08. The number of halogens is 1. The number of unbranched alkanes of at least 4 members (excludes halogenated alkanes) is 3. The number of likely N-dealkylation sites (N-methyl/N-ethyl adjacent to an activating group) is 1. The number of nitriles is 1. The van der Waals surface area contributed by atoms with Gasteiger partial charge in [0, 0.05) is 38.3 Å². The first-order valence-corrected chi connectivity index (χ1v) is 11.2. The Morgan fingerprint density at radius 1 is 1.13 bits per heavy atom. The fourth-order valence-corrected chi connectivity index (χ4v) is 2.91. The molecule has 31 heavy (non-hydrogen) atoms. The van der Waals surface area contributed by atoms with Gasteiger partial charge in [-0.25, -0.2) is 0 Å². The van der Waals surface area contributed by atoms with Crippen LogP contribution in [0.1, 0.15) is 31.2 Å². The summed E-state index contributed by atoms with van der Waals surface area (Å²) in [5, 5.41) is 21.0. The van der Waals surface area contributed by atoms with Crippen LogP contribution in [0.3, 0.4) is 0 Å². The Morgan fingerprint density at radius 3 is 2.45 bits per heavy atom. The molecule has 0 heterocycles. The summed E-state index contributed by atoms with van der Waals surface area (Å²) < 4.78 is 10.9. The first kappa shape index (κ1) is 26.9. The summed E-state index contributed by atoms with van der Waals surface area (Å²) in [6.07, 6.45) is 5.88. The Morgan fingerprint density at radius 2 is 1.81 bits per heavy atom. The number of aliphatic hydroxyl groups is 1. The Bertz CT molecular complexity index is 689. The van der Waals surface area contributed by atoms with E-state index in [9.17, 15) is 10.1 Å². The molecule has 0 atom stereocenters. The summed E-state index contributed by atoms with van der Waals surface area (Å²) in [6, 6.07) is 9.35. The number of carbonyl (C=O) groups excluding carboxylic acids is 1. The van der Waals surface area contributed by atoms with E-state index in [1.807, 2.05) is 42.3 Å². The van der Waals surface area contributed by atoms with Crippen molar-refractivity contribution >= 4 is 29.3 Å². The molecule has 0 saturated heterocycles. The number of nitrogens with zero attached hydrogens (tertiary/aromatic N) is 2. The molecule has 2 N–H and O–H groups in total. The highest BCUT2D eigenvalue weighted by atomic mass is 35.5. The van der Waals surface area contributed by atoms with Crippen molar-refractivity contribution in [3.63, 3.8) is 0 Å². The molecule has 8 heteroatoms. The molecule has 0 unspecified atom stereocenters. The number of alkyl halides is 1. The largest absolute Gasteiger partial charge is 0.395 e. The Hall–Kier alpha value is -2.11. The topological polar surface area (TPSA) is 94.8 Å². The lowest BCUT2D eigenvalue weighted by molar-refractivity contribution is -0.117. The van der Waals surface area contributed by atoms with Crippen LogP contribution in [0.2, 0.25) is 0 Å². The fraction of sp³-hybridized carbons (Fsp3) is 0.565. The third-order valence-electron chi connectivity index (χ3n) is 4.52. The lowest BCUT2D eigenvalue weighted by atomic mass is 10.1. The number of rotatable bonds is 17. The Labute approximate surface area is 190 Å². The molecule has 172 valence electrons. The predicted molar refractivity (Wildman–Crippen MR) is 124 cm³/mol. The van der Waals surface area contributed by atoms with Gasteiger partial charge in [-0.15, -0.1) is 11.6 Å². The van der Waals surface area contributed by atoms with Crippen LogP contribution in [0, 0.1) is 11.3 Å². The molecule has 1 aromatic rings. The zero-order valence-corrected chi connectivity index (χ0v) is 19.1. The maximum atomic E-state index is 12.2. The quantitative estimate of drug-likeness (QED) is 0.164. The average Bonchev–Trinajstić information content (AvgIpc) is 2.78. The van der Waals surface area contributed by atoms with Gasteiger partial charge in [-0.05, 0) is 36.6 Å². The van der Waals surface area contributed by atoms with Gasteiger partial charge in [0.2, 0.25) is 0 Å². The van der Waals surface area contributed by atoms with E-state index in [0.717, 1.165) is 43.5 Å². The second-order valence-electron chi connectivity index (χ2n) is 6.99. The Kier molecular flexibility index (Phi) is 15.3. The summed E-state index contributed by atoms with van der Waals surface area (Å²) in [4.78, 5) is 14.1. The summed E-state index contributed by atoms with van der Waals surface area (Å²) in [6.45, 7) is 2.99. The SMILES string of the molecule is CN(CCO)c1ccc(/C=C(\C#N)C(=O)NCCOCCOCCCCCCCl)cc1. The molecular formula is C23H34ClN3O4. The molecule has 0 aliphatic carbocycles. The van der Waals surface area contributed by atoms with Crippen molar-refractivity contribution in [3.05, 3.63) is 35.4 Å². The van der Waals surface area contributed by atoms with E-state index in [1.165, 1.54) is 0 Å². The number of hydrogen-bond acceptors (Lipinski definition) is 6. The van der Waals surface area contributed by atoms with Gasteiger partial charge in [-0.3, -0.25) is 4.79 Å². The zero-order valence-electron chi connectivity index (χ0n) is 18.3. The molecule has 1 amide bonds. The second-order valence-corrected chi connectivity index (χ2v) is 7.37. The van der Waals surface area contributed by atoms with E-state index in [1.54, 1.807) is 6.08 Å². The van der Waals surface area contributed by atoms with Gasteiger partial charge in [-0.2, -0.15) is 5.26 Å². The van der Waals surface area contributed by atoms with E-state index in [-0.39, 0.29) is 12.2 Å². The smallest absolute Gasteiger partial charge is 0.262 e. The van der Waals surface area contributed by atoms with Crippen molar-refractivity contribution < 1.29 is 19.4 Å². The van der Waals surface area contributed by atoms with Crippen molar-refractivity contribution in [2.45, 2.75) is 25.7 Å². The van der Waals surface area contributed by atoms with Gasteiger partial charge in [0.1, 0.15) is 11.6 Å². The molecular weight excluding hydrogens is 418 g/mol. The van der Waals surface area contributed by atoms with Crippen LogP contribution in [-0.2, 0) is 14.3 Å². The molecule has 0 aliphatic rings. The van der Waals surface area contributed by atoms with Gasteiger partial charge in [-0.1, -0.05) is 25.0 Å². The minimum Gasteiger partial charge on any atom is -0.395 e. The van der Waals surface area contributed by atoms with Crippen LogP contribution < -0.4 is 10.2 Å². The number of anilines is 1. The lowest BCUT2D eigenvalue weighted by Gasteiger charge is -2.17. The van der Waals surface area contributed by atoms with E-state index in [4.69, 9.17) is 26.2 Å². The van der Waals surface area contributed by atoms with Gasteiger partial charge in [0.15, 0.2) is 0 Å². The zero-order chi connectivity index (χ0) is 22.7. The summed E-state index contributed by atoms with van der Waals surface area (Å²) in [7, 11) is 1.88. The highest BCUT2D eigenvalue weighted by molar-refractivity contribution is 6.17. The van der Waals surface area contributed by atoms with Gasteiger partial charge in [0.25, 0.3) is 5.91 Å². The van der Waals surface area contributed by atoms with E-state index in [2.05, 4.69) is 5.32 Å². The molecule has 1 aromatic carbocycles. The molecule has 0 aliphatic heterocycles.